The molecule has 6 heteroatoms. The number of amides is 1. The van der Waals surface area contributed by atoms with E-state index in [1.54, 1.807) is 27.4 Å². The fraction of sp³-hybridized carbons (Fsp3) is 0.350. The molecule has 1 amide bonds. The number of methoxy groups -OCH3 is 3. The summed E-state index contributed by atoms with van der Waals surface area (Å²) in [5.74, 6) is 1.63. The SMILES string of the molecule is COc1ccc(CNC(=O)C(C)Sc2ccc(C)cc2)c(OC)c1OC. The predicted molar refractivity (Wildman–Crippen MR) is 104 cm³/mol. The number of thioether (sulfide) groups is 1. The van der Waals surface area contributed by atoms with Gasteiger partial charge in [-0.15, -0.1) is 11.8 Å². The first-order valence-electron chi connectivity index (χ1n) is 8.29. The van der Waals surface area contributed by atoms with Gasteiger partial charge in [0, 0.05) is 17.0 Å². The van der Waals surface area contributed by atoms with Crippen LogP contribution in [0.25, 0.3) is 0 Å². The highest BCUT2D eigenvalue weighted by atomic mass is 32.2. The largest absolute Gasteiger partial charge is 0.493 e. The highest BCUT2D eigenvalue weighted by Gasteiger charge is 2.18. The van der Waals surface area contributed by atoms with Gasteiger partial charge in [-0.2, -0.15) is 0 Å². The quantitative estimate of drug-likeness (QED) is 0.711. The van der Waals surface area contributed by atoms with Gasteiger partial charge in [0.2, 0.25) is 11.7 Å². The molecule has 2 rings (SSSR count). The maximum absolute atomic E-state index is 12.4. The monoisotopic (exact) mass is 375 g/mol. The van der Waals surface area contributed by atoms with Gasteiger partial charge < -0.3 is 19.5 Å². The Labute approximate surface area is 159 Å². The highest BCUT2D eigenvalue weighted by molar-refractivity contribution is 8.00. The van der Waals surface area contributed by atoms with E-state index >= 15 is 0 Å². The second-order valence-corrected chi connectivity index (χ2v) is 7.20. The summed E-state index contributed by atoms with van der Waals surface area (Å²) < 4.78 is 16.1. The molecule has 0 spiro atoms. The lowest BCUT2D eigenvalue weighted by atomic mass is 10.1. The molecule has 0 saturated carbocycles. The highest BCUT2D eigenvalue weighted by Crippen LogP contribution is 2.39. The number of aryl methyl sites for hydroxylation is 1. The van der Waals surface area contributed by atoms with Crippen LogP contribution in [0, 0.1) is 6.92 Å². The lowest BCUT2D eigenvalue weighted by Crippen LogP contribution is -2.30. The van der Waals surface area contributed by atoms with Crippen LogP contribution in [0.4, 0.5) is 0 Å². The van der Waals surface area contributed by atoms with Crippen molar-refractivity contribution in [2.45, 2.75) is 30.5 Å². The van der Waals surface area contributed by atoms with Crippen LogP contribution >= 0.6 is 11.8 Å². The number of ether oxygens (including phenoxy) is 3. The second kappa shape index (κ2) is 9.38. The number of nitrogens with one attached hydrogen (secondary N) is 1. The molecule has 0 aliphatic heterocycles. The average molecular weight is 375 g/mol. The zero-order chi connectivity index (χ0) is 19.1. The first-order chi connectivity index (χ1) is 12.5. The van der Waals surface area contributed by atoms with Gasteiger partial charge in [0.1, 0.15) is 0 Å². The van der Waals surface area contributed by atoms with Gasteiger partial charge in [0.05, 0.1) is 26.6 Å². The summed E-state index contributed by atoms with van der Waals surface area (Å²) in [6.45, 7) is 4.29. The van der Waals surface area contributed by atoms with Crippen LogP contribution in [0.2, 0.25) is 0 Å². The lowest BCUT2D eigenvalue weighted by molar-refractivity contribution is -0.120. The topological polar surface area (TPSA) is 56.8 Å². The molecule has 0 radical (unpaired) electrons. The standard InChI is InChI=1S/C20H25NO4S/c1-13-6-9-16(10-7-13)26-14(2)20(22)21-12-15-8-11-17(23-3)19(25-5)18(15)24-4/h6-11,14H,12H2,1-5H3,(H,21,22). The number of hydrogen-bond acceptors (Lipinski definition) is 5. The molecule has 0 aromatic heterocycles. The molecule has 2 aromatic carbocycles. The number of carbonyl (C=O) groups excluding carboxylic acids is 1. The molecule has 140 valence electrons. The van der Waals surface area contributed by atoms with Crippen LogP contribution in [-0.4, -0.2) is 32.5 Å². The van der Waals surface area contributed by atoms with E-state index in [4.69, 9.17) is 14.2 Å². The summed E-state index contributed by atoms with van der Waals surface area (Å²) in [5.41, 5.74) is 2.03. The smallest absolute Gasteiger partial charge is 0.233 e. The van der Waals surface area contributed by atoms with E-state index in [-0.39, 0.29) is 11.2 Å². The fourth-order valence-corrected chi connectivity index (χ4v) is 3.39. The molecule has 1 N–H and O–H groups in total. The van der Waals surface area contributed by atoms with E-state index in [0.29, 0.717) is 23.8 Å². The first kappa shape index (κ1) is 20.0. The summed E-state index contributed by atoms with van der Waals surface area (Å²) >= 11 is 1.53. The normalized spacial score (nSPS) is 11.6. The van der Waals surface area contributed by atoms with Crippen molar-refractivity contribution in [3.05, 3.63) is 47.5 Å². The minimum absolute atomic E-state index is 0.0348. The molecule has 0 heterocycles. The van der Waals surface area contributed by atoms with Crippen LogP contribution in [0.1, 0.15) is 18.1 Å². The molecular formula is C20H25NO4S. The third-order valence-corrected chi connectivity index (χ3v) is 5.05. The van der Waals surface area contributed by atoms with Crippen molar-refractivity contribution in [1.82, 2.24) is 5.32 Å². The second-order valence-electron chi connectivity index (χ2n) is 5.78. The molecule has 0 aliphatic rings. The predicted octanol–water partition coefficient (Wildman–Crippen LogP) is 3.82. The molecule has 5 nitrogen and oxygen atoms in total. The zero-order valence-electron chi connectivity index (χ0n) is 15.8. The molecular weight excluding hydrogens is 350 g/mol. The third kappa shape index (κ3) is 4.85. The van der Waals surface area contributed by atoms with E-state index in [9.17, 15) is 4.79 Å². The van der Waals surface area contributed by atoms with Gasteiger partial charge >= 0.3 is 0 Å². The number of hydrogen-bond donors (Lipinski definition) is 1. The molecule has 1 unspecified atom stereocenters. The van der Waals surface area contributed by atoms with Crippen molar-refractivity contribution >= 4 is 17.7 Å². The average Bonchev–Trinajstić information content (AvgIpc) is 2.66. The Kier molecular flexibility index (Phi) is 7.21. The van der Waals surface area contributed by atoms with Gasteiger partial charge in [-0.25, -0.2) is 0 Å². The number of rotatable bonds is 8. The van der Waals surface area contributed by atoms with Gasteiger partial charge in [-0.1, -0.05) is 17.7 Å². The van der Waals surface area contributed by atoms with Gasteiger partial charge in [-0.05, 0) is 38.1 Å². The summed E-state index contributed by atoms with van der Waals surface area (Å²) in [4.78, 5) is 13.5. The Balaban J connectivity index is 2.03. The van der Waals surface area contributed by atoms with Gasteiger partial charge in [-0.3, -0.25) is 4.79 Å². The molecule has 0 saturated heterocycles. The first-order valence-corrected chi connectivity index (χ1v) is 9.17. The lowest BCUT2D eigenvalue weighted by Gasteiger charge is -2.17. The summed E-state index contributed by atoms with van der Waals surface area (Å²) in [6.07, 6.45) is 0. The van der Waals surface area contributed by atoms with E-state index < -0.39 is 0 Å². The van der Waals surface area contributed by atoms with Crippen LogP contribution < -0.4 is 19.5 Å². The molecule has 0 aliphatic carbocycles. The van der Waals surface area contributed by atoms with Crippen LogP contribution in [-0.2, 0) is 11.3 Å². The van der Waals surface area contributed by atoms with E-state index in [2.05, 4.69) is 5.32 Å². The third-order valence-electron chi connectivity index (χ3n) is 3.94. The molecule has 1 atom stereocenters. The van der Waals surface area contributed by atoms with Crippen molar-refractivity contribution in [2.75, 3.05) is 21.3 Å². The van der Waals surface area contributed by atoms with Crippen LogP contribution in [0.5, 0.6) is 17.2 Å². The fourth-order valence-electron chi connectivity index (χ4n) is 2.50. The van der Waals surface area contributed by atoms with Crippen LogP contribution in [0.3, 0.4) is 0 Å². The Morgan fingerprint density at radius 3 is 2.23 bits per heavy atom. The van der Waals surface area contributed by atoms with Crippen molar-refractivity contribution < 1.29 is 19.0 Å². The summed E-state index contributed by atoms with van der Waals surface area (Å²) in [6, 6.07) is 11.8. The Morgan fingerprint density at radius 1 is 1.00 bits per heavy atom. The van der Waals surface area contributed by atoms with Crippen molar-refractivity contribution in [2.24, 2.45) is 0 Å². The number of benzene rings is 2. The maximum Gasteiger partial charge on any atom is 0.233 e. The molecule has 2 aromatic rings. The minimum Gasteiger partial charge on any atom is -0.493 e. The van der Waals surface area contributed by atoms with Crippen molar-refractivity contribution in [3.63, 3.8) is 0 Å². The van der Waals surface area contributed by atoms with Gasteiger partial charge in [0.25, 0.3) is 0 Å². The number of carbonyl (C=O) groups is 1. The minimum atomic E-state index is -0.205. The van der Waals surface area contributed by atoms with Crippen LogP contribution in [0.15, 0.2) is 41.3 Å². The Bertz CT molecular complexity index is 746. The zero-order valence-corrected chi connectivity index (χ0v) is 16.6. The van der Waals surface area contributed by atoms with Crippen molar-refractivity contribution in [3.8, 4) is 17.2 Å². The maximum atomic E-state index is 12.4. The summed E-state index contributed by atoms with van der Waals surface area (Å²) in [7, 11) is 4.70. The Morgan fingerprint density at radius 2 is 1.65 bits per heavy atom. The van der Waals surface area contributed by atoms with Crippen molar-refractivity contribution in [1.29, 1.82) is 0 Å². The van der Waals surface area contributed by atoms with E-state index in [0.717, 1.165) is 10.5 Å². The molecule has 26 heavy (non-hydrogen) atoms. The van der Waals surface area contributed by atoms with E-state index in [1.807, 2.05) is 44.2 Å². The van der Waals surface area contributed by atoms with Gasteiger partial charge in [0.15, 0.2) is 11.5 Å². The summed E-state index contributed by atoms with van der Waals surface area (Å²) in [5, 5.41) is 2.75. The molecule has 0 fully saturated rings. The molecule has 0 bridgehead atoms. The Hall–Kier alpha value is -2.34. The van der Waals surface area contributed by atoms with E-state index in [1.165, 1.54) is 17.3 Å².